The molecule has 0 spiro atoms. The lowest BCUT2D eigenvalue weighted by molar-refractivity contribution is -0.274. The molecule has 1 amide bonds. The SMILES string of the molecule is O=C(CCCc1ccc(OC(F)(F)F)cc1)N1CCN(CCOc2ccc(F)cc2)CC1. The Labute approximate surface area is 184 Å². The van der Waals surface area contributed by atoms with Crippen LogP contribution in [0.5, 0.6) is 11.5 Å². The molecule has 9 heteroatoms. The number of ether oxygens (including phenoxy) is 2. The molecule has 174 valence electrons. The van der Waals surface area contributed by atoms with E-state index >= 15 is 0 Å². The van der Waals surface area contributed by atoms with E-state index < -0.39 is 6.36 Å². The Hall–Kier alpha value is -2.81. The van der Waals surface area contributed by atoms with Crippen LogP contribution in [-0.2, 0) is 11.2 Å². The summed E-state index contributed by atoms with van der Waals surface area (Å²) in [5.74, 6) is 0.164. The van der Waals surface area contributed by atoms with Crippen molar-refractivity contribution in [2.24, 2.45) is 0 Å². The quantitative estimate of drug-likeness (QED) is 0.531. The van der Waals surface area contributed by atoms with Crippen molar-refractivity contribution >= 4 is 5.91 Å². The van der Waals surface area contributed by atoms with Gasteiger partial charge in [0, 0.05) is 39.1 Å². The smallest absolute Gasteiger partial charge is 0.492 e. The molecule has 0 atom stereocenters. The average molecular weight is 454 g/mol. The van der Waals surface area contributed by atoms with E-state index in [9.17, 15) is 22.4 Å². The lowest BCUT2D eigenvalue weighted by Crippen LogP contribution is -2.49. The largest absolute Gasteiger partial charge is 0.573 e. The Morgan fingerprint density at radius 1 is 0.906 bits per heavy atom. The van der Waals surface area contributed by atoms with Gasteiger partial charge in [0.25, 0.3) is 0 Å². The second kappa shape index (κ2) is 11.2. The third kappa shape index (κ3) is 8.03. The van der Waals surface area contributed by atoms with Crippen LogP contribution in [-0.4, -0.2) is 61.4 Å². The highest BCUT2D eigenvalue weighted by atomic mass is 19.4. The van der Waals surface area contributed by atoms with Crippen LogP contribution in [0.25, 0.3) is 0 Å². The Balaban J connectivity index is 1.30. The first-order valence-corrected chi connectivity index (χ1v) is 10.5. The molecule has 0 unspecified atom stereocenters. The van der Waals surface area contributed by atoms with Crippen molar-refractivity contribution < 1.29 is 31.8 Å². The molecular weight excluding hydrogens is 428 g/mol. The minimum atomic E-state index is -4.70. The number of benzene rings is 2. The molecule has 0 saturated carbocycles. The Bertz CT molecular complexity index is 849. The van der Waals surface area contributed by atoms with Crippen LogP contribution in [0.15, 0.2) is 48.5 Å². The molecule has 5 nitrogen and oxygen atoms in total. The zero-order chi connectivity index (χ0) is 23.0. The van der Waals surface area contributed by atoms with Crippen LogP contribution in [0.2, 0.25) is 0 Å². The van der Waals surface area contributed by atoms with Crippen molar-refractivity contribution in [3.8, 4) is 11.5 Å². The van der Waals surface area contributed by atoms with Crippen molar-refractivity contribution in [2.45, 2.75) is 25.6 Å². The average Bonchev–Trinajstić information content (AvgIpc) is 2.76. The second-order valence-electron chi connectivity index (χ2n) is 7.57. The third-order valence-electron chi connectivity index (χ3n) is 5.23. The highest BCUT2D eigenvalue weighted by Crippen LogP contribution is 2.23. The summed E-state index contributed by atoms with van der Waals surface area (Å²) in [5, 5.41) is 0. The minimum absolute atomic E-state index is 0.0873. The van der Waals surface area contributed by atoms with Gasteiger partial charge in [-0.15, -0.1) is 13.2 Å². The first kappa shape index (κ1) is 23.8. The number of hydrogen-bond donors (Lipinski definition) is 0. The van der Waals surface area contributed by atoms with Gasteiger partial charge in [-0.05, 0) is 54.8 Å². The highest BCUT2D eigenvalue weighted by Gasteiger charge is 2.31. The Morgan fingerprint density at radius 3 is 2.16 bits per heavy atom. The van der Waals surface area contributed by atoms with Crippen LogP contribution < -0.4 is 9.47 Å². The fourth-order valence-electron chi connectivity index (χ4n) is 3.50. The second-order valence-corrected chi connectivity index (χ2v) is 7.57. The maximum absolute atomic E-state index is 12.9. The Morgan fingerprint density at radius 2 is 1.53 bits per heavy atom. The predicted octanol–water partition coefficient (Wildman–Crippen LogP) is 4.27. The van der Waals surface area contributed by atoms with Crippen LogP contribution in [0.4, 0.5) is 17.6 Å². The van der Waals surface area contributed by atoms with Gasteiger partial charge in [0.1, 0.15) is 23.9 Å². The molecule has 1 saturated heterocycles. The summed E-state index contributed by atoms with van der Waals surface area (Å²) >= 11 is 0. The zero-order valence-electron chi connectivity index (χ0n) is 17.6. The van der Waals surface area contributed by atoms with Gasteiger partial charge in [0.15, 0.2) is 0 Å². The number of halogens is 4. The minimum Gasteiger partial charge on any atom is -0.492 e. The maximum atomic E-state index is 12.9. The summed E-state index contributed by atoms with van der Waals surface area (Å²) < 4.78 is 58.9. The zero-order valence-corrected chi connectivity index (χ0v) is 17.6. The number of aryl methyl sites for hydroxylation is 1. The van der Waals surface area contributed by atoms with Crippen molar-refractivity contribution in [1.29, 1.82) is 0 Å². The number of carbonyl (C=O) groups is 1. The van der Waals surface area contributed by atoms with Crippen LogP contribution in [0.1, 0.15) is 18.4 Å². The predicted molar refractivity (Wildman–Crippen MR) is 111 cm³/mol. The molecular formula is C23H26F4N2O3. The van der Waals surface area contributed by atoms with E-state index in [1.165, 1.54) is 24.3 Å². The van der Waals surface area contributed by atoms with Crippen molar-refractivity contribution in [2.75, 3.05) is 39.3 Å². The molecule has 32 heavy (non-hydrogen) atoms. The molecule has 0 bridgehead atoms. The molecule has 0 aliphatic carbocycles. The number of hydrogen-bond acceptors (Lipinski definition) is 4. The van der Waals surface area contributed by atoms with E-state index in [1.807, 2.05) is 4.90 Å². The fourth-order valence-corrected chi connectivity index (χ4v) is 3.50. The summed E-state index contributed by atoms with van der Waals surface area (Å²) in [4.78, 5) is 16.5. The number of rotatable bonds is 9. The highest BCUT2D eigenvalue weighted by molar-refractivity contribution is 5.76. The van der Waals surface area contributed by atoms with Crippen LogP contribution >= 0.6 is 0 Å². The van der Waals surface area contributed by atoms with Gasteiger partial charge < -0.3 is 14.4 Å². The summed E-state index contributed by atoms with van der Waals surface area (Å²) in [6.45, 7) is 4.05. The maximum Gasteiger partial charge on any atom is 0.573 e. The first-order valence-electron chi connectivity index (χ1n) is 10.5. The molecule has 1 fully saturated rings. The van der Waals surface area contributed by atoms with Gasteiger partial charge in [-0.3, -0.25) is 9.69 Å². The number of carbonyl (C=O) groups excluding carboxylic acids is 1. The van der Waals surface area contributed by atoms with Crippen molar-refractivity contribution in [3.63, 3.8) is 0 Å². The molecule has 2 aromatic carbocycles. The summed E-state index contributed by atoms with van der Waals surface area (Å²) in [5.41, 5.74) is 0.860. The summed E-state index contributed by atoms with van der Waals surface area (Å²) in [7, 11) is 0. The number of nitrogens with zero attached hydrogens (tertiary/aromatic N) is 2. The van der Waals surface area contributed by atoms with Crippen molar-refractivity contribution in [1.82, 2.24) is 9.80 Å². The van der Waals surface area contributed by atoms with E-state index in [0.29, 0.717) is 44.7 Å². The van der Waals surface area contributed by atoms with Gasteiger partial charge >= 0.3 is 6.36 Å². The number of alkyl halides is 3. The van der Waals surface area contributed by atoms with E-state index in [4.69, 9.17) is 4.74 Å². The molecule has 3 rings (SSSR count). The molecule has 0 aromatic heterocycles. The Kier molecular flexibility index (Phi) is 8.33. The van der Waals surface area contributed by atoms with E-state index in [2.05, 4.69) is 9.64 Å². The molecule has 1 aliphatic heterocycles. The lowest BCUT2D eigenvalue weighted by atomic mass is 10.1. The van der Waals surface area contributed by atoms with Gasteiger partial charge in [0.05, 0.1) is 0 Å². The molecule has 1 aliphatic rings. The van der Waals surface area contributed by atoms with E-state index in [-0.39, 0.29) is 17.5 Å². The monoisotopic (exact) mass is 454 g/mol. The fraction of sp³-hybridized carbons (Fsp3) is 0.435. The van der Waals surface area contributed by atoms with Crippen LogP contribution in [0, 0.1) is 5.82 Å². The molecule has 2 aromatic rings. The third-order valence-corrected chi connectivity index (χ3v) is 5.23. The van der Waals surface area contributed by atoms with Crippen molar-refractivity contribution in [3.05, 3.63) is 59.9 Å². The number of piperazine rings is 1. The van der Waals surface area contributed by atoms with E-state index in [1.54, 1.807) is 24.3 Å². The first-order chi connectivity index (χ1) is 15.3. The van der Waals surface area contributed by atoms with Gasteiger partial charge in [-0.25, -0.2) is 4.39 Å². The number of amides is 1. The van der Waals surface area contributed by atoms with Gasteiger partial charge in [-0.1, -0.05) is 12.1 Å². The standard InChI is InChI=1S/C23H26F4N2O3/c24-19-6-10-20(11-7-19)31-17-16-28-12-14-29(15-13-28)22(30)3-1-2-18-4-8-21(9-5-18)32-23(25,26)27/h4-11H,1-3,12-17H2. The lowest BCUT2D eigenvalue weighted by Gasteiger charge is -2.34. The normalized spacial score (nSPS) is 14.9. The molecule has 1 heterocycles. The molecule has 0 radical (unpaired) electrons. The van der Waals surface area contributed by atoms with Gasteiger partial charge in [-0.2, -0.15) is 0 Å². The van der Waals surface area contributed by atoms with Crippen LogP contribution in [0.3, 0.4) is 0 Å². The topological polar surface area (TPSA) is 42.0 Å². The van der Waals surface area contributed by atoms with E-state index in [0.717, 1.165) is 25.2 Å². The summed E-state index contributed by atoms with van der Waals surface area (Å²) in [6.07, 6.45) is -3.06. The van der Waals surface area contributed by atoms with Gasteiger partial charge in [0.2, 0.25) is 5.91 Å². The summed E-state index contributed by atoms with van der Waals surface area (Å²) in [6, 6.07) is 11.6. The molecule has 0 N–H and O–H groups in total.